The fourth-order valence-corrected chi connectivity index (χ4v) is 0.238. The Hall–Kier alpha value is -0.920. The molecule has 2 nitrogen and oxygen atoms in total. The van der Waals surface area contributed by atoms with Gasteiger partial charge in [-0.25, -0.2) is 0 Å². The van der Waals surface area contributed by atoms with Gasteiger partial charge in [-0.05, 0) is 18.1 Å². The summed E-state index contributed by atoms with van der Waals surface area (Å²) in [6.07, 6.45) is 5.45. The predicted molar refractivity (Wildman–Crippen MR) is 36.6 cm³/mol. The maximum Gasteiger partial charge on any atom is 0.163 e. The van der Waals surface area contributed by atoms with E-state index < -0.39 is 0 Å². The molecule has 0 aliphatic rings. The lowest BCUT2D eigenvalue weighted by atomic mass is 10.6. The summed E-state index contributed by atoms with van der Waals surface area (Å²) in [5.74, 6) is 0. The van der Waals surface area contributed by atoms with Crippen molar-refractivity contribution in [3.8, 4) is 0 Å². The lowest BCUT2D eigenvalue weighted by molar-refractivity contribution is -0.492. The van der Waals surface area contributed by atoms with Crippen molar-refractivity contribution in [1.29, 1.82) is 0 Å². The van der Waals surface area contributed by atoms with Crippen LogP contribution in [0.2, 0.25) is 0 Å². The third-order valence-electron chi connectivity index (χ3n) is 0.542. The molecule has 0 aromatic rings. The Balaban J connectivity index is 3.50. The highest BCUT2D eigenvalue weighted by molar-refractivity contribution is 5.70. The Morgan fingerprint density at radius 2 is 2.25 bits per heavy atom. The van der Waals surface area contributed by atoms with E-state index in [9.17, 15) is 0 Å². The summed E-state index contributed by atoms with van der Waals surface area (Å²) in [6.45, 7) is 5.45. The summed E-state index contributed by atoms with van der Waals surface area (Å²) in [7, 11) is 1.78. The van der Waals surface area contributed by atoms with Crippen molar-refractivity contribution >= 4 is 12.9 Å². The second-order valence-electron chi connectivity index (χ2n) is 1.45. The van der Waals surface area contributed by atoms with Gasteiger partial charge in [0, 0.05) is 0 Å². The van der Waals surface area contributed by atoms with E-state index in [0.29, 0.717) is 0 Å². The van der Waals surface area contributed by atoms with Crippen LogP contribution >= 0.6 is 0 Å². The Morgan fingerprint density at radius 3 is 2.62 bits per heavy atom. The van der Waals surface area contributed by atoms with Gasteiger partial charge in [-0.1, -0.05) is 6.08 Å². The van der Waals surface area contributed by atoms with Crippen LogP contribution in [0.1, 0.15) is 6.92 Å². The molecule has 0 spiro atoms. The first-order valence-corrected chi connectivity index (χ1v) is 2.47. The number of hydrogen-bond donors (Lipinski definition) is 0. The van der Waals surface area contributed by atoms with Crippen molar-refractivity contribution in [3.05, 3.63) is 12.2 Å². The van der Waals surface area contributed by atoms with Crippen molar-refractivity contribution in [3.63, 3.8) is 0 Å². The van der Waals surface area contributed by atoms with Gasteiger partial charge in [-0.3, -0.25) is 0 Å². The lowest BCUT2D eigenvalue weighted by Gasteiger charge is -1.72. The largest absolute Gasteiger partial charge is 0.163 e. The highest BCUT2D eigenvalue weighted by Gasteiger charge is 1.72. The number of hydrogen-bond acceptors (Lipinski definition) is 1. The van der Waals surface area contributed by atoms with Gasteiger partial charge in [0.2, 0.25) is 0 Å². The summed E-state index contributed by atoms with van der Waals surface area (Å²) < 4.78 is 1.50. The smallest absolute Gasteiger partial charge is 0.101 e. The fourth-order valence-electron chi connectivity index (χ4n) is 0.238. The molecule has 0 aliphatic heterocycles. The van der Waals surface area contributed by atoms with E-state index in [1.165, 1.54) is 4.68 Å². The van der Waals surface area contributed by atoms with Crippen molar-refractivity contribution in [1.82, 2.24) is 0 Å². The average molecular weight is 111 g/mol. The van der Waals surface area contributed by atoms with Crippen LogP contribution in [0, 0.1) is 0 Å². The van der Waals surface area contributed by atoms with Gasteiger partial charge in [-0.15, -0.1) is 4.68 Å². The van der Waals surface area contributed by atoms with E-state index in [0.717, 1.165) is 0 Å². The first-order valence-electron chi connectivity index (χ1n) is 2.47. The zero-order chi connectivity index (χ0) is 6.41. The monoisotopic (exact) mass is 111 g/mol. The molecule has 0 aromatic carbocycles. The van der Waals surface area contributed by atoms with E-state index in [-0.39, 0.29) is 0 Å². The Kier molecular flexibility index (Phi) is 3.76. The predicted octanol–water partition coefficient (Wildman–Crippen LogP) is 0.891. The van der Waals surface area contributed by atoms with E-state index in [2.05, 4.69) is 11.8 Å². The van der Waals surface area contributed by atoms with Crippen LogP contribution in [0.4, 0.5) is 0 Å². The summed E-state index contributed by atoms with van der Waals surface area (Å²) in [5, 5.41) is 3.82. The average Bonchev–Trinajstić information content (AvgIpc) is 1.66. The molecule has 0 atom stereocenters. The van der Waals surface area contributed by atoms with Crippen LogP contribution < -0.4 is 0 Å². The van der Waals surface area contributed by atoms with Gasteiger partial charge in [0.1, 0.15) is 0 Å². The normalized spacial score (nSPS) is 11.2. The quantitative estimate of drug-likeness (QED) is 0.286. The minimum atomic E-state index is 1.50. The van der Waals surface area contributed by atoms with E-state index in [1.54, 1.807) is 13.3 Å². The molecule has 0 unspecified atom stereocenters. The number of hydrazone groups is 1. The molecule has 0 aliphatic carbocycles. The first-order chi connectivity index (χ1) is 3.77. The van der Waals surface area contributed by atoms with Crippen LogP contribution in [0.5, 0.6) is 0 Å². The van der Waals surface area contributed by atoms with Crippen LogP contribution in [-0.4, -0.2) is 24.7 Å². The lowest BCUT2D eigenvalue weighted by Crippen LogP contribution is -1.88. The van der Waals surface area contributed by atoms with Gasteiger partial charge < -0.3 is 0 Å². The molecule has 0 rings (SSSR count). The van der Waals surface area contributed by atoms with Gasteiger partial charge in [-0.2, -0.15) is 0 Å². The molecule has 0 N–H and O–H groups in total. The van der Waals surface area contributed by atoms with Gasteiger partial charge in [0.15, 0.2) is 13.8 Å². The molecule has 0 saturated carbocycles. The maximum absolute atomic E-state index is 3.82. The van der Waals surface area contributed by atoms with Crippen molar-refractivity contribution < 1.29 is 4.68 Å². The van der Waals surface area contributed by atoms with E-state index >= 15 is 0 Å². The minimum absolute atomic E-state index is 1.50. The molecule has 2 heteroatoms. The molecule has 0 amide bonds. The standard InChI is InChI=1S/C6H11N2/c1-4-5-6-7-8(2)3/h4-6H,2H2,1,3H3/q+1. The Labute approximate surface area is 49.8 Å². The van der Waals surface area contributed by atoms with Crippen LogP contribution in [0.3, 0.4) is 0 Å². The van der Waals surface area contributed by atoms with Crippen LogP contribution in [-0.2, 0) is 0 Å². The van der Waals surface area contributed by atoms with E-state index in [4.69, 9.17) is 0 Å². The zero-order valence-corrected chi connectivity index (χ0v) is 5.33. The second-order valence-corrected chi connectivity index (χ2v) is 1.45. The topological polar surface area (TPSA) is 15.4 Å². The third-order valence-corrected chi connectivity index (χ3v) is 0.542. The molecule has 44 valence electrons. The molecule has 0 saturated heterocycles. The number of rotatable bonds is 2. The Morgan fingerprint density at radius 1 is 1.62 bits per heavy atom. The highest BCUT2D eigenvalue weighted by atomic mass is 15.3. The van der Waals surface area contributed by atoms with Gasteiger partial charge in [0.25, 0.3) is 0 Å². The zero-order valence-electron chi connectivity index (χ0n) is 5.33. The molecular weight excluding hydrogens is 100 g/mol. The highest BCUT2D eigenvalue weighted by Crippen LogP contribution is 1.65. The molecule has 0 bridgehead atoms. The summed E-state index contributed by atoms with van der Waals surface area (Å²) >= 11 is 0. The van der Waals surface area contributed by atoms with Crippen LogP contribution in [0.25, 0.3) is 0 Å². The number of nitrogens with zero attached hydrogens (tertiary/aromatic N) is 2. The molecule has 0 fully saturated rings. The van der Waals surface area contributed by atoms with Crippen molar-refractivity contribution in [2.45, 2.75) is 6.92 Å². The summed E-state index contributed by atoms with van der Waals surface area (Å²) in [5.41, 5.74) is 0. The number of allylic oxidation sites excluding steroid dienone is 2. The molecular formula is C6H11N2+. The summed E-state index contributed by atoms with van der Waals surface area (Å²) in [4.78, 5) is 0. The maximum atomic E-state index is 3.82. The molecule has 8 heavy (non-hydrogen) atoms. The third kappa shape index (κ3) is 5.08. The minimum Gasteiger partial charge on any atom is -0.101 e. The molecule has 0 aromatic heterocycles. The van der Waals surface area contributed by atoms with Crippen LogP contribution in [0.15, 0.2) is 17.3 Å². The second kappa shape index (κ2) is 4.24. The van der Waals surface area contributed by atoms with Crippen molar-refractivity contribution in [2.75, 3.05) is 7.05 Å². The first kappa shape index (κ1) is 7.08. The molecule has 0 radical (unpaired) electrons. The molecule has 0 heterocycles. The summed E-state index contributed by atoms with van der Waals surface area (Å²) in [6, 6.07) is 0. The van der Waals surface area contributed by atoms with Gasteiger partial charge >= 0.3 is 0 Å². The van der Waals surface area contributed by atoms with E-state index in [1.807, 2.05) is 19.1 Å². The Bertz CT molecular complexity index is 122. The SMILES string of the molecule is C=[N+](C)N=CC=CC. The van der Waals surface area contributed by atoms with Gasteiger partial charge in [0.05, 0.1) is 6.21 Å². The fraction of sp³-hybridized carbons (Fsp3) is 0.333. The van der Waals surface area contributed by atoms with Crippen molar-refractivity contribution in [2.24, 2.45) is 5.10 Å².